The van der Waals surface area contributed by atoms with E-state index in [2.05, 4.69) is 40.5 Å². The van der Waals surface area contributed by atoms with Crippen LogP contribution in [0.3, 0.4) is 0 Å². The van der Waals surface area contributed by atoms with E-state index in [4.69, 9.17) is 4.74 Å². The van der Waals surface area contributed by atoms with Crippen molar-refractivity contribution in [3.63, 3.8) is 0 Å². The van der Waals surface area contributed by atoms with E-state index < -0.39 is 0 Å². The Balaban J connectivity index is 0.00000338. The molecular weight excluding hydrogens is 479 g/mol. The third-order valence-electron chi connectivity index (χ3n) is 3.51. The molecule has 2 rings (SSSR count). The molecule has 0 spiro atoms. The summed E-state index contributed by atoms with van der Waals surface area (Å²) in [5, 5.41) is 7.76. The second-order valence-corrected chi connectivity index (χ2v) is 8.12. The fourth-order valence-corrected chi connectivity index (χ4v) is 3.94. The summed E-state index contributed by atoms with van der Waals surface area (Å²) < 4.78 is 5.40. The molecule has 1 unspecified atom stereocenters. The molecule has 1 aromatic carbocycles. The van der Waals surface area contributed by atoms with Crippen molar-refractivity contribution in [1.82, 2.24) is 15.6 Å². The van der Waals surface area contributed by atoms with Gasteiger partial charge in [-0.25, -0.2) is 4.98 Å². The van der Waals surface area contributed by atoms with Crippen LogP contribution < -0.4 is 15.4 Å². The van der Waals surface area contributed by atoms with Crippen molar-refractivity contribution in [2.24, 2.45) is 10.9 Å². The molecule has 0 aliphatic carbocycles. The minimum absolute atomic E-state index is 0. The van der Waals surface area contributed by atoms with Gasteiger partial charge in [0.15, 0.2) is 5.96 Å². The fourth-order valence-electron chi connectivity index (χ4n) is 2.16. The third-order valence-corrected chi connectivity index (χ3v) is 5.81. The standard InChI is InChI=1S/C18H26N4OS2.HI/c1-13(12-24-16-8-6-5-7-15(16)23-4)9-21-18(19-3)22-11-17-20-10-14(2)25-17;/h5-8,10,13H,9,11-12H2,1-4H3,(H2,19,21,22);1H. The van der Waals surface area contributed by atoms with Gasteiger partial charge in [-0.3, -0.25) is 4.99 Å². The van der Waals surface area contributed by atoms with Gasteiger partial charge in [-0.2, -0.15) is 0 Å². The lowest BCUT2D eigenvalue weighted by atomic mass is 10.2. The number of guanidine groups is 1. The van der Waals surface area contributed by atoms with E-state index in [0.717, 1.165) is 29.0 Å². The van der Waals surface area contributed by atoms with Crippen molar-refractivity contribution in [2.45, 2.75) is 25.3 Å². The molecule has 2 aromatic rings. The summed E-state index contributed by atoms with van der Waals surface area (Å²) in [5.74, 6) is 3.25. The molecule has 1 aromatic heterocycles. The molecule has 0 bridgehead atoms. The molecule has 2 N–H and O–H groups in total. The molecule has 0 saturated heterocycles. The molecule has 144 valence electrons. The number of methoxy groups -OCH3 is 1. The highest BCUT2D eigenvalue weighted by molar-refractivity contribution is 14.0. The Kier molecular flexibility index (Phi) is 11.0. The zero-order valence-corrected chi connectivity index (χ0v) is 19.6. The van der Waals surface area contributed by atoms with E-state index >= 15 is 0 Å². The van der Waals surface area contributed by atoms with E-state index in [1.165, 1.54) is 9.77 Å². The van der Waals surface area contributed by atoms with E-state index in [1.54, 1.807) is 25.5 Å². The number of para-hydroxylation sites is 1. The maximum absolute atomic E-state index is 5.40. The average molecular weight is 506 g/mol. The number of aryl methyl sites for hydroxylation is 1. The zero-order chi connectivity index (χ0) is 18.1. The maximum Gasteiger partial charge on any atom is 0.191 e. The number of hydrogen-bond donors (Lipinski definition) is 2. The van der Waals surface area contributed by atoms with Gasteiger partial charge in [0.1, 0.15) is 10.8 Å². The first kappa shape index (κ1) is 23.0. The molecule has 1 heterocycles. The molecule has 0 aliphatic heterocycles. The van der Waals surface area contributed by atoms with Gasteiger partial charge in [0, 0.05) is 35.3 Å². The summed E-state index contributed by atoms with van der Waals surface area (Å²) in [5.41, 5.74) is 0. The van der Waals surface area contributed by atoms with Gasteiger partial charge >= 0.3 is 0 Å². The minimum atomic E-state index is 0. The van der Waals surface area contributed by atoms with Crippen molar-refractivity contribution < 1.29 is 4.74 Å². The second kappa shape index (κ2) is 12.4. The molecular formula is C18H27IN4OS2. The van der Waals surface area contributed by atoms with Crippen LogP contribution >= 0.6 is 47.1 Å². The molecule has 26 heavy (non-hydrogen) atoms. The van der Waals surface area contributed by atoms with Crippen molar-refractivity contribution in [3.05, 3.63) is 40.3 Å². The molecule has 0 aliphatic rings. The molecule has 1 atom stereocenters. The van der Waals surface area contributed by atoms with Crippen LogP contribution in [0.2, 0.25) is 0 Å². The first-order chi connectivity index (χ1) is 12.1. The Labute approximate surface area is 181 Å². The average Bonchev–Trinajstić information content (AvgIpc) is 3.05. The highest BCUT2D eigenvalue weighted by atomic mass is 127. The highest BCUT2D eigenvalue weighted by Gasteiger charge is 2.08. The van der Waals surface area contributed by atoms with Crippen LogP contribution in [0.5, 0.6) is 5.75 Å². The fraction of sp³-hybridized carbons (Fsp3) is 0.444. The van der Waals surface area contributed by atoms with Crippen LogP contribution in [0.25, 0.3) is 0 Å². The Morgan fingerprint density at radius 2 is 2.12 bits per heavy atom. The maximum atomic E-state index is 5.40. The number of halogens is 1. The van der Waals surface area contributed by atoms with Gasteiger partial charge in [0.05, 0.1) is 13.7 Å². The van der Waals surface area contributed by atoms with Gasteiger partial charge < -0.3 is 15.4 Å². The van der Waals surface area contributed by atoms with E-state index in [0.29, 0.717) is 12.5 Å². The largest absolute Gasteiger partial charge is 0.496 e. The van der Waals surface area contributed by atoms with Crippen LogP contribution in [-0.2, 0) is 6.54 Å². The van der Waals surface area contributed by atoms with Crippen molar-refractivity contribution in [1.29, 1.82) is 0 Å². The number of benzene rings is 1. The summed E-state index contributed by atoms with van der Waals surface area (Å²) in [7, 11) is 3.50. The normalized spacial score (nSPS) is 12.2. The molecule has 5 nitrogen and oxygen atoms in total. The Bertz CT molecular complexity index is 693. The van der Waals surface area contributed by atoms with Crippen LogP contribution in [0.15, 0.2) is 40.4 Å². The summed E-state index contributed by atoms with van der Waals surface area (Å²) in [6.07, 6.45) is 1.90. The molecule has 0 saturated carbocycles. The quantitative estimate of drug-likeness (QED) is 0.244. The third kappa shape index (κ3) is 7.71. The number of thioether (sulfide) groups is 1. The second-order valence-electron chi connectivity index (χ2n) is 5.74. The summed E-state index contributed by atoms with van der Waals surface area (Å²) >= 11 is 3.52. The van der Waals surface area contributed by atoms with Gasteiger partial charge in [0.25, 0.3) is 0 Å². The van der Waals surface area contributed by atoms with Crippen LogP contribution in [0, 0.1) is 12.8 Å². The summed E-state index contributed by atoms with van der Waals surface area (Å²) in [6, 6.07) is 8.13. The predicted molar refractivity (Wildman–Crippen MR) is 123 cm³/mol. The molecule has 0 fully saturated rings. The topological polar surface area (TPSA) is 58.5 Å². The number of nitrogens with one attached hydrogen (secondary N) is 2. The summed E-state index contributed by atoms with van der Waals surface area (Å²) in [4.78, 5) is 11.0. The molecule has 0 radical (unpaired) electrons. The number of hydrogen-bond acceptors (Lipinski definition) is 5. The smallest absolute Gasteiger partial charge is 0.191 e. The molecule has 0 amide bonds. The number of thiazole rings is 1. The molecule has 8 heteroatoms. The van der Waals surface area contributed by atoms with Gasteiger partial charge in [-0.15, -0.1) is 47.1 Å². The number of aromatic nitrogens is 1. The first-order valence-electron chi connectivity index (χ1n) is 8.24. The van der Waals surface area contributed by atoms with Crippen LogP contribution in [0.1, 0.15) is 16.8 Å². The number of aliphatic imine (C=N–C) groups is 1. The lowest BCUT2D eigenvalue weighted by molar-refractivity contribution is 0.405. The minimum Gasteiger partial charge on any atom is -0.496 e. The van der Waals surface area contributed by atoms with E-state index in [-0.39, 0.29) is 24.0 Å². The van der Waals surface area contributed by atoms with Crippen molar-refractivity contribution >= 4 is 53.0 Å². The Morgan fingerprint density at radius 3 is 2.77 bits per heavy atom. The lowest BCUT2D eigenvalue weighted by Crippen LogP contribution is -2.39. The zero-order valence-electron chi connectivity index (χ0n) is 15.6. The highest BCUT2D eigenvalue weighted by Crippen LogP contribution is 2.29. The summed E-state index contributed by atoms with van der Waals surface area (Å²) in [6.45, 7) is 5.85. The van der Waals surface area contributed by atoms with Crippen molar-refractivity contribution in [2.75, 3.05) is 26.5 Å². The SMILES string of the molecule is CN=C(NCc1ncc(C)s1)NCC(C)CSc1ccccc1OC.I. The van der Waals surface area contributed by atoms with Crippen molar-refractivity contribution in [3.8, 4) is 5.75 Å². The first-order valence-corrected chi connectivity index (χ1v) is 10.0. The number of nitrogens with zero attached hydrogens (tertiary/aromatic N) is 2. The number of ether oxygens (including phenoxy) is 1. The predicted octanol–water partition coefficient (Wildman–Crippen LogP) is 4.17. The van der Waals surface area contributed by atoms with E-state index in [1.807, 2.05) is 36.2 Å². The van der Waals surface area contributed by atoms with Gasteiger partial charge in [-0.1, -0.05) is 19.1 Å². The number of rotatable bonds is 8. The Morgan fingerprint density at radius 1 is 1.35 bits per heavy atom. The lowest BCUT2D eigenvalue weighted by Gasteiger charge is -2.16. The Hall–Kier alpha value is -1.000. The monoisotopic (exact) mass is 506 g/mol. The van der Waals surface area contributed by atoms with Crippen LogP contribution in [-0.4, -0.2) is 37.4 Å². The van der Waals surface area contributed by atoms with Gasteiger partial charge in [-0.05, 0) is 25.0 Å². The van der Waals surface area contributed by atoms with E-state index in [9.17, 15) is 0 Å². The van der Waals surface area contributed by atoms with Crippen LogP contribution in [0.4, 0.5) is 0 Å². The van der Waals surface area contributed by atoms with Gasteiger partial charge in [0.2, 0.25) is 0 Å².